The zero-order valence-corrected chi connectivity index (χ0v) is 11.3. The predicted octanol–water partition coefficient (Wildman–Crippen LogP) is 2.96. The number of carbonyl (C=O) groups excluding carboxylic acids is 1. The van der Waals surface area contributed by atoms with Crippen molar-refractivity contribution in [2.24, 2.45) is 0 Å². The van der Waals surface area contributed by atoms with E-state index in [9.17, 15) is 4.79 Å². The summed E-state index contributed by atoms with van der Waals surface area (Å²) in [5.41, 5.74) is 3.63. The molecule has 0 aromatic heterocycles. The Kier molecular flexibility index (Phi) is 5.71. The van der Waals surface area contributed by atoms with Crippen LogP contribution in [-0.4, -0.2) is 12.6 Å². The van der Waals surface area contributed by atoms with E-state index < -0.39 is 5.97 Å². The molecule has 0 amide bonds. The summed E-state index contributed by atoms with van der Waals surface area (Å²) in [4.78, 5) is 16.3. The van der Waals surface area contributed by atoms with Crippen LogP contribution in [0.5, 0.6) is 0 Å². The lowest BCUT2D eigenvalue weighted by atomic mass is 10.2. The molecular formula is C13H13ClN2O3. The molecule has 5 nitrogen and oxygen atoms in total. The fourth-order valence-corrected chi connectivity index (χ4v) is 1.27. The number of rotatable bonds is 5. The lowest BCUT2D eigenvalue weighted by molar-refractivity contribution is -0.135. The van der Waals surface area contributed by atoms with Gasteiger partial charge in [-0.2, -0.15) is 5.26 Å². The first-order valence-corrected chi connectivity index (χ1v) is 5.91. The number of halogens is 1. The molecule has 1 rings (SSSR count). The lowest BCUT2D eigenvalue weighted by Gasteiger charge is -2.07. The third-order valence-electron chi connectivity index (χ3n) is 2.13. The molecule has 0 bridgehead atoms. The van der Waals surface area contributed by atoms with Crippen LogP contribution >= 0.6 is 11.6 Å². The van der Waals surface area contributed by atoms with Gasteiger partial charge in [-0.25, -0.2) is 10.3 Å². The summed E-state index contributed by atoms with van der Waals surface area (Å²) >= 11 is 5.87. The molecule has 19 heavy (non-hydrogen) atoms. The molecule has 0 radical (unpaired) electrons. The number of hydrogen-bond acceptors (Lipinski definition) is 5. The topological polar surface area (TPSA) is 71.3 Å². The fraction of sp³-hybridized carbons (Fsp3) is 0.231. The number of nitriles is 1. The monoisotopic (exact) mass is 280 g/mol. The van der Waals surface area contributed by atoms with Gasteiger partial charge in [0.15, 0.2) is 5.57 Å². The highest BCUT2D eigenvalue weighted by atomic mass is 35.5. The summed E-state index contributed by atoms with van der Waals surface area (Å²) in [6.45, 7) is 3.93. The van der Waals surface area contributed by atoms with Gasteiger partial charge in [0.25, 0.3) is 0 Å². The molecule has 1 N–H and O–H groups in total. The van der Waals surface area contributed by atoms with Crippen LogP contribution in [0.4, 0.5) is 5.69 Å². The summed E-state index contributed by atoms with van der Waals surface area (Å²) in [6, 6.07) is 6.74. The maximum absolute atomic E-state index is 11.5. The van der Waals surface area contributed by atoms with E-state index in [0.29, 0.717) is 17.3 Å². The van der Waals surface area contributed by atoms with Crippen molar-refractivity contribution in [1.29, 1.82) is 5.26 Å². The molecule has 0 atom stereocenters. The van der Waals surface area contributed by atoms with Crippen molar-refractivity contribution in [3.8, 4) is 6.07 Å². The van der Waals surface area contributed by atoms with Crippen molar-refractivity contribution in [3.05, 3.63) is 40.6 Å². The molecule has 6 heteroatoms. The molecule has 0 aliphatic heterocycles. The molecule has 100 valence electrons. The van der Waals surface area contributed by atoms with E-state index in [4.69, 9.17) is 26.4 Å². The Hall–Kier alpha value is -2.19. The third-order valence-corrected chi connectivity index (χ3v) is 2.55. The molecular weight excluding hydrogens is 268 g/mol. The summed E-state index contributed by atoms with van der Waals surface area (Å²) in [5, 5.41) is 9.37. The molecule has 0 saturated carbocycles. The number of ether oxygens (including phenoxy) is 1. The maximum Gasteiger partial charge on any atom is 0.376 e. The van der Waals surface area contributed by atoms with E-state index in [-0.39, 0.29) is 5.57 Å². The predicted molar refractivity (Wildman–Crippen MR) is 71.2 cm³/mol. The zero-order valence-electron chi connectivity index (χ0n) is 10.6. The average molecular weight is 281 g/mol. The van der Waals surface area contributed by atoms with Crippen LogP contribution in [0.3, 0.4) is 0 Å². The van der Waals surface area contributed by atoms with Crippen LogP contribution in [0.1, 0.15) is 12.5 Å². The Morgan fingerprint density at radius 3 is 2.89 bits per heavy atom. The second kappa shape index (κ2) is 7.29. The molecule has 0 aliphatic rings. The largest absolute Gasteiger partial charge is 0.500 e. The second-order valence-corrected chi connectivity index (χ2v) is 3.96. The smallest absolute Gasteiger partial charge is 0.376 e. The Labute approximate surface area is 116 Å². The minimum Gasteiger partial charge on any atom is -0.500 e. The minimum atomic E-state index is -0.816. The van der Waals surface area contributed by atoms with Gasteiger partial charge in [0, 0.05) is 5.02 Å². The van der Waals surface area contributed by atoms with Gasteiger partial charge in [-0.1, -0.05) is 11.6 Å². The lowest BCUT2D eigenvalue weighted by Crippen LogP contribution is -2.12. The van der Waals surface area contributed by atoms with Gasteiger partial charge in [-0.15, -0.1) is 0 Å². The standard InChI is InChI=1S/C13H13ClN2O3/c1-3-18-8-10(7-15)13(17)19-16-11-4-5-12(14)9(2)6-11/h4-6,8,16H,3H2,1-2H3. The van der Waals surface area contributed by atoms with E-state index in [0.717, 1.165) is 11.8 Å². The summed E-state index contributed by atoms with van der Waals surface area (Å²) in [5.74, 6) is -0.816. The second-order valence-electron chi connectivity index (χ2n) is 3.55. The van der Waals surface area contributed by atoms with E-state index in [1.54, 1.807) is 31.2 Å². The number of nitrogens with zero attached hydrogens (tertiary/aromatic N) is 1. The number of carbonyl (C=O) groups is 1. The highest BCUT2D eigenvalue weighted by molar-refractivity contribution is 6.31. The average Bonchev–Trinajstić information content (AvgIpc) is 2.41. The van der Waals surface area contributed by atoms with Gasteiger partial charge < -0.3 is 9.57 Å². The molecule has 0 aliphatic carbocycles. The first-order valence-electron chi connectivity index (χ1n) is 5.53. The van der Waals surface area contributed by atoms with E-state index >= 15 is 0 Å². The quantitative estimate of drug-likeness (QED) is 0.388. The number of anilines is 1. The summed E-state index contributed by atoms with van der Waals surface area (Å²) < 4.78 is 4.86. The van der Waals surface area contributed by atoms with Crippen molar-refractivity contribution in [3.63, 3.8) is 0 Å². The molecule has 0 spiro atoms. The van der Waals surface area contributed by atoms with Crippen molar-refractivity contribution in [1.82, 2.24) is 0 Å². The first-order chi connectivity index (χ1) is 9.08. The van der Waals surface area contributed by atoms with Crippen molar-refractivity contribution in [2.45, 2.75) is 13.8 Å². The van der Waals surface area contributed by atoms with Gasteiger partial charge >= 0.3 is 5.97 Å². The van der Waals surface area contributed by atoms with Crippen LogP contribution in [0.2, 0.25) is 5.02 Å². The Morgan fingerprint density at radius 1 is 1.58 bits per heavy atom. The molecule has 0 fully saturated rings. The van der Waals surface area contributed by atoms with Gasteiger partial charge in [0.2, 0.25) is 0 Å². The molecule has 0 heterocycles. The molecule has 0 saturated heterocycles. The number of aryl methyl sites for hydroxylation is 1. The van der Waals surface area contributed by atoms with E-state index in [2.05, 4.69) is 5.48 Å². The number of hydrogen-bond donors (Lipinski definition) is 1. The van der Waals surface area contributed by atoms with Crippen LogP contribution < -0.4 is 5.48 Å². The SMILES string of the molecule is CCOC=C(C#N)C(=O)ONc1ccc(Cl)c(C)c1. The highest BCUT2D eigenvalue weighted by Gasteiger charge is 2.11. The van der Waals surface area contributed by atoms with Gasteiger partial charge in [0.1, 0.15) is 12.3 Å². The van der Waals surface area contributed by atoms with Crippen molar-refractivity contribution in [2.75, 3.05) is 12.1 Å². The van der Waals surface area contributed by atoms with Gasteiger partial charge in [0.05, 0.1) is 12.3 Å². The van der Waals surface area contributed by atoms with Gasteiger partial charge in [-0.05, 0) is 37.6 Å². The third kappa shape index (κ3) is 4.53. The molecule has 1 aromatic carbocycles. The minimum absolute atomic E-state index is 0.222. The summed E-state index contributed by atoms with van der Waals surface area (Å²) in [7, 11) is 0. The normalized spacial score (nSPS) is 10.5. The van der Waals surface area contributed by atoms with Crippen LogP contribution in [-0.2, 0) is 14.4 Å². The van der Waals surface area contributed by atoms with Crippen molar-refractivity contribution >= 4 is 23.3 Å². The van der Waals surface area contributed by atoms with Crippen LogP contribution in [0.15, 0.2) is 30.0 Å². The maximum atomic E-state index is 11.5. The number of nitrogens with one attached hydrogen (secondary N) is 1. The molecule has 0 unspecified atom stereocenters. The highest BCUT2D eigenvalue weighted by Crippen LogP contribution is 2.19. The Balaban J connectivity index is 2.63. The number of benzene rings is 1. The van der Waals surface area contributed by atoms with Gasteiger partial charge in [-0.3, -0.25) is 0 Å². The van der Waals surface area contributed by atoms with E-state index in [1.807, 2.05) is 6.92 Å². The fourth-order valence-electron chi connectivity index (χ4n) is 1.16. The van der Waals surface area contributed by atoms with Crippen molar-refractivity contribution < 1.29 is 14.4 Å². The Bertz CT molecular complexity index is 535. The zero-order chi connectivity index (χ0) is 14.3. The van der Waals surface area contributed by atoms with Crippen LogP contribution in [0, 0.1) is 18.3 Å². The first kappa shape index (κ1) is 14.9. The molecule has 1 aromatic rings. The van der Waals surface area contributed by atoms with Crippen LogP contribution in [0.25, 0.3) is 0 Å². The Morgan fingerprint density at radius 2 is 2.32 bits per heavy atom. The summed E-state index contributed by atoms with van der Waals surface area (Å²) in [6.07, 6.45) is 1.07. The van der Waals surface area contributed by atoms with E-state index in [1.165, 1.54) is 0 Å².